The van der Waals surface area contributed by atoms with Crippen molar-refractivity contribution >= 4 is 39.3 Å². The maximum Gasteiger partial charge on any atom is 0.251 e. The molecule has 2 heterocycles. The Morgan fingerprint density at radius 1 is 1.19 bits per heavy atom. The average molecular weight is 545 g/mol. The highest BCUT2D eigenvalue weighted by Crippen LogP contribution is 2.29. The highest BCUT2D eigenvalue weighted by molar-refractivity contribution is 14.1. The Bertz CT molecular complexity index is 1060. The second-order valence-electron chi connectivity index (χ2n) is 8.71. The Balaban J connectivity index is 1.36. The van der Waals surface area contributed by atoms with Crippen LogP contribution in [-0.2, 0) is 6.54 Å². The molecule has 0 saturated carbocycles. The average Bonchev–Trinajstić information content (AvgIpc) is 3.12. The van der Waals surface area contributed by atoms with Gasteiger partial charge in [-0.15, -0.1) is 0 Å². The normalized spacial score (nSPS) is 17.0. The van der Waals surface area contributed by atoms with Crippen LogP contribution in [0.15, 0.2) is 48.7 Å². The zero-order valence-corrected chi connectivity index (χ0v) is 20.8. The Kier molecular flexibility index (Phi) is 7.73. The van der Waals surface area contributed by atoms with E-state index >= 15 is 0 Å². The molecule has 1 aliphatic rings. The molecule has 4 rings (SSSR count). The standard InChI is InChI=1S/C26H32IN3O2/c1-2-23-6-3-4-14-29(23)15-5-13-28-25(31)20-9-10-21-18-30(26(32)24(21)16-20)17-19-7-11-22(27)12-8-19/h7-12,16,18,23,32H,2-6,13-15,17H2,1H3,(H,28,31). The topological polar surface area (TPSA) is 57.5 Å². The number of aromatic nitrogens is 1. The van der Waals surface area contributed by atoms with Gasteiger partial charge in [-0.1, -0.05) is 31.5 Å². The van der Waals surface area contributed by atoms with E-state index in [1.54, 1.807) is 6.07 Å². The van der Waals surface area contributed by atoms with E-state index in [4.69, 9.17) is 0 Å². The van der Waals surface area contributed by atoms with E-state index in [-0.39, 0.29) is 11.8 Å². The summed E-state index contributed by atoms with van der Waals surface area (Å²) in [7, 11) is 0. The lowest BCUT2D eigenvalue weighted by Crippen LogP contribution is -2.40. The first kappa shape index (κ1) is 23.1. The third kappa shape index (κ3) is 5.46. The van der Waals surface area contributed by atoms with E-state index < -0.39 is 0 Å². The molecule has 1 unspecified atom stereocenters. The summed E-state index contributed by atoms with van der Waals surface area (Å²) in [6.07, 6.45) is 8.03. The van der Waals surface area contributed by atoms with Crippen LogP contribution in [0.2, 0.25) is 0 Å². The number of carbonyl (C=O) groups excluding carboxylic acids is 1. The predicted molar refractivity (Wildman–Crippen MR) is 138 cm³/mol. The smallest absolute Gasteiger partial charge is 0.251 e. The molecule has 170 valence electrons. The van der Waals surface area contributed by atoms with Gasteiger partial charge in [0.15, 0.2) is 5.88 Å². The molecule has 0 bridgehead atoms. The molecule has 2 aromatic carbocycles. The number of nitrogens with one attached hydrogen (secondary N) is 1. The monoisotopic (exact) mass is 545 g/mol. The summed E-state index contributed by atoms with van der Waals surface area (Å²) in [4.78, 5) is 15.3. The van der Waals surface area contributed by atoms with Crippen LogP contribution in [0, 0.1) is 3.57 Å². The number of nitrogens with zero attached hydrogens (tertiary/aromatic N) is 2. The number of hydrogen-bond donors (Lipinski definition) is 2. The van der Waals surface area contributed by atoms with Gasteiger partial charge in [0.2, 0.25) is 0 Å². The van der Waals surface area contributed by atoms with Crippen LogP contribution in [0.4, 0.5) is 0 Å². The van der Waals surface area contributed by atoms with Crippen LogP contribution in [0.25, 0.3) is 10.8 Å². The fourth-order valence-electron chi connectivity index (χ4n) is 4.70. The van der Waals surface area contributed by atoms with Crippen molar-refractivity contribution in [3.63, 3.8) is 0 Å². The molecule has 2 N–H and O–H groups in total. The maximum atomic E-state index is 12.7. The summed E-state index contributed by atoms with van der Waals surface area (Å²) < 4.78 is 3.02. The van der Waals surface area contributed by atoms with Crippen molar-refractivity contribution in [3.8, 4) is 5.88 Å². The minimum Gasteiger partial charge on any atom is -0.494 e. The SMILES string of the molecule is CCC1CCCCN1CCCNC(=O)c1ccc2cn(Cc3ccc(I)cc3)c(O)c2c1. The minimum atomic E-state index is -0.0811. The second-order valence-corrected chi connectivity index (χ2v) is 9.96. The van der Waals surface area contributed by atoms with Crippen molar-refractivity contribution in [1.29, 1.82) is 0 Å². The maximum absolute atomic E-state index is 12.7. The lowest BCUT2D eigenvalue weighted by Gasteiger charge is -2.35. The van der Waals surface area contributed by atoms with Crippen LogP contribution < -0.4 is 5.32 Å². The lowest BCUT2D eigenvalue weighted by molar-refractivity contribution is 0.0947. The lowest BCUT2D eigenvalue weighted by atomic mass is 10.00. The van der Waals surface area contributed by atoms with Crippen LogP contribution in [0.3, 0.4) is 0 Å². The van der Waals surface area contributed by atoms with Gasteiger partial charge in [0, 0.05) is 45.2 Å². The molecular formula is C26H32IN3O2. The number of carbonyl (C=O) groups is 1. The molecule has 1 amide bonds. The molecule has 0 aliphatic carbocycles. The molecule has 1 aliphatic heterocycles. The van der Waals surface area contributed by atoms with Crippen molar-refractivity contribution in [2.24, 2.45) is 0 Å². The highest BCUT2D eigenvalue weighted by Gasteiger charge is 2.20. The summed E-state index contributed by atoms with van der Waals surface area (Å²) in [6, 6.07) is 14.5. The molecule has 1 fully saturated rings. The van der Waals surface area contributed by atoms with E-state index in [0.717, 1.165) is 23.9 Å². The van der Waals surface area contributed by atoms with Gasteiger partial charge in [-0.25, -0.2) is 0 Å². The van der Waals surface area contributed by atoms with Gasteiger partial charge in [0.1, 0.15) is 0 Å². The van der Waals surface area contributed by atoms with Gasteiger partial charge in [0.25, 0.3) is 5.91 Å². The van der Waals surface area contributed by atoms with Crippen molar-refractivity contribution < 1.29 is 9.90 Å². The van der Waals surface area contributed by atoms with Crippen LogP contribution in [0.5, 0.6) is 5.88 Å². The summed E-state index contributed by atoms with van der Waals surface area (Å²) in [5, 5.41) is 15.4. The minimum absolute atomic E-state index is 0.0811. The van der Waals surface area contributed by atoms with Crippen LogP contribution in [-0.4, -0.2) is 46.2 Å². The van der Waals surface area contributed by atoms with Gasteiger partial charge in [0.05, 0.1) is 6.54 Å². The number of amides is 1. The summed E-state index contributed by atoms with van der Waals surface area (Å²) in [6.45, 7) is 5.75. The van der Waals surface area contributed by atoms with Gasteiger partial charge >= 0.3 is 0 Å². The van der Waals surface area contributed by atoms with Gasteiger partial charge in [-0.05, 0) is 84.6 Å². The quantitative estimate of drug-likeness (QED) is 0.295. The first-order valence-electron chi connectivity index (χ1n) is 11.6. The highest BCUT2D eigenvalue weighted by atomic mass is 127. The Morgan fingerprint density at radius 2 is 2.00 bits per heavy atom. The summed E-state index contributed by atoms with van der Waals surface area (Å²) in [5.41, 5.74) is 1.71. The van der Waals surface area contributed by atoms with Gasteiger partial charge < -0.3 is 19.9 Å². The Hall–Kier alpha value is -2.06. The predicted octanol–water partition coefficient (Wildman–Crippen LogP) is 5.38. The number of halogens is 1. The van der Waals surface area contributed by atoms with Crippen molar-refractivity contribution in [3.05, 3.63) is 63.4 Å². The van der Waals surface area contributed by atoms with E-state index in [1.807, 2.05) is 22.9 Å². The number of benzene rings is 2. The molecule has 32 heavy (non-hydrogen) atoms. The molecule has 0 radical (unpaired) electrons. The third-order valence-electron chi connectivity index (χ3n) is 6.52. The van der Waals surface area contributed by atoms with E-state index in [2.05, 4.69) is 64.0 Å². The molecule has 5 nitrogen and oxygen atoms in total. The number of hydrogen-bond acceptors (Lipinski definition) is 3. The molecule has 3 aromatic rings. The van der Waals surface area contributed by atoms with Crippen LogP contribution in [0.1, 0.15) is 54.9 Å². The number of rotatable bonds is 8. The number of fused-ring (bicyclic) bond motifs is 1. The van der Waals surface area contributed by atoms with Crippen LogP contribution >= 0.6 is 22.6 Å². The summed E-state index contributed by atoms with van der Waals surface area (Å²) in [5.74, 6) is 0.117. The zero-order chi connectivity index (χ0) is 22.5. The number of likely N-dealkylation sites (tertiary alicyclic amines) is 1. The van der Waals surface area contributed by atoms with Gasteiger partial charge in [-0.2, -0.15) is 0 Å². The van der Waals surface area contributed by atoms with E-state index in [9.17, 15) is 9.90 Å². The number of aromatic hydroxyl groups is 1. The van der Waals surface area contributed by atoms with E-state index in [1.165, 1.54) is 35.8 Å². The summed E-state index contributed by atoms with van der Waals surface area (Å²) >= 11 is 2.28. The largest absolute Gasteiger partial charge is 0.494 e. The molecule has 0 spiro atoms. The molecule has 1 saturated heterocycles. The van der Waals surface area contributed by atoms with Crippen molar-refractivity contribution in [2.75, 3.05) is 19.6 Å². The molecule has 6 heteroatoms. The fourth-order valence-corrected chi connectivity index (χ4v) is 5.06. The third-order valence-corrected chi connectivity index (χ3v) is 7.24. The molecule has 1 atom stereocenters. The number of piperidine rings is 1. The second kappa shape index (κ2) is 10.7. The van der Waals surface area contributed by atoms with E-state index in [0.29, 0.717) is 30.1 Å². The first-order chi connectivity index (χ1) is 15.5. The molecule has 1 aromatic heterocycles. The first-order valence-corrected chi connectivity index (χ1v) is 12.7. The zero-order valence-electron chi connectivity index (χ0n) is 18.7. The van der Waals surface area contributed by atoms with Crippen molar-refractivity contribution in [1.82, 2.24) is 14.8 Å². The van der Waals surface area contributed by atoms with Crippen molar-refractivity contribution in [2.45, 2.75) is 51.6 Å². The Labute approximate surface area is 203 Å². The van der Waals surface area contributed by atoms with Gasteiger partial charge in [-0.3, -0.25) is 4.79 Å². The molecular weight excluding hydrogens is 513 g/mol. The Morgan fingerprint density at radius 3 is 2.78 bits per heavy atom. The fraction of sp³-hybridized carbons (Fsp3) is 0.423.